The highest BCUT2D eigenvalue weighted by Crippen LogP contribution is 1.97. The summed E-state index contributed by atoms with van der Waals surface area (Å²) in [6, 6.07) is 3.60. The molecule has 0 aliphatic heterocycles. The molecule has 1 aromatic heterocycles. The maximum Gasteiger partial charge on any atom is 0.203 e. The molecule has 0 spiro atoms. The zero-order chi connectivity index (χ0) is 8.10. The summed E-state index contributed by atoms with van der Waals surface area (Å²) in [7, 11) is 0. The third-order valence-corrected chi connectivity index (χ3v) is 1.16. The number of hydrazine groups is 1. The zero-order valence-corrected chi connectivity index (χ0v) is 5.92. The number of furan rings is 1. The number of guanidine groups is 1. The molecular formula is C6H10N4O. The van der Waals surface area contributed by atoms with Crippen molar-refractivity contribution in [3.63, 3.8) is 0 Å². The van der Waals surface area contributed by atoms with Gasteiger partial charge >= 0.3 is 0 Å². The Bertz CT molecular complexity index is 218. The van der Waals surface area contributed by atoms with E-state index >= 15 is 0 Å². The summed E-state index contributed by atoms with van der Waals surface area (Å²) in [6.07, 6.45) is 1.58. The molecule has 0 bridgehead atoms. The Balaban J connectivity index is 2.29. The van der Waals surface area contributed by atoms with Gasteiger partial charge in [-0.15, -0.1) is 0 Å². The zero-order valence-electron chi connectivity index (χ0n) is 5.92. The van der Waals surface area contributed by atoms with Crippen LogP contribution in [0.25, 0.3) is 0 Å². The van der Waals surface area contributed by atoms with E-state index in [1.54, 1.807) is 12.3 Å². The van der Waals surface area contributed by atoms with E-state index in [2.05, 4.69) is 10.7 Å². The van der Waals surface area contributed by atoms with E-state index in [1.807, 2.05) is 6.07 Å². The lowest BCUT2D eigenvalue weighted by molar-refractivity contribution is 0.501. The first kappa shape index (κ1) is 7.62. The highest BCUT2D eigenvalue weighted by molar-refractivity contribution is 5.75. The quantitative estimate of drug-likeness (QED) is 0.205. The van der Waals surface area contributed by atoms with Crippen LogP contribution in [0.1, 0.15) is 5.76 Å². The van der Waals surface area contributed by atoms with Gasteiger partial charge in [0.05, 0.1) is 12.8 Å². The predicted molar refractivity (Wildman–Crippen MR) is 40.6 cm³/mol. The third kappa shape index (κ3) is 2.30. The maximum atomic E-state index is 7.05. The highest BCUT2D eigenvalue weighted by Gasteiger charge is 1.94. The molecule has 0 fully saturated rings. The van der Waals surface area contributed by atoms with Crippen LogP contribution in [-0.2, 0) is 6.54 Å². The number of nitrogens with two attached hydrogens (primary N) is 1. The average molecular weight is 154 g/mol. The number of nitrogens with one attached hydrogen (secondary N) is 3. The van der Waals surface area contributed by atoms with Crippen molar-refractivity contribution in [1.82, 2.24) is 10.7 Å². The van der Waals surface area contributed by atoms with Crippen LogP contribution < -0.4 is 16.6 Å². The molecule has 1 heterocycles. The van der Waals surface area contributed by atoms with Gasteiger partial charge in [0.1, 0.15) is 5.76 Å². The largest absolute Gasteiger partial charge is 0.467 e. The van der Waals surface area contributed by atoms with Crippen LogP contribution >= 0.6 is 0 Å². The van der Waals surface area contributed by atoms with Crippen molar-refractivity contribution < 1.29 is 4.42 Å². The summed E-state index contributed by atoms with van der Waals surface area (Å²) < 4.78 is 5.00. The van der Waals surface area contributed by atoms with Gasteiger partial charge in [-0.05, 0) is 12.1 Å². The topological polar surface area (TPSA) is 87.1 Å². The molecule has 1 rings (SSSR count). The molecule has 1 aromatic rings. The summed E-state index contributed by atoms with van der Waals surface area (Å²) in [6.45, 7) is 0.468. The van der Waals surface area contributed by atoms with Crippen LogP contribution in [-0.4, -0.2) is 5.96 Å². The summed E-state index contributed by atoms with van der Waals surface area (Å²) in [5.41, 5.74) is 2.16. The second kappa shape index (κ2) is 3.62. The van der Waals surface area contributed by atoms with E-state index in [1.165, 1.54) is 0 Å². The van der Waals surface area contributed by atoms with E-state index in [-0.39, 0.29) is 5.96 Å². The fraction of sp³-hybridized carbons (Fsp3) is 0.167. The fourth-order valence-electron chi connectivity index (χ4n) is 0.640. The standard InChI is InChI=1S/C6H10N4O/c7-6(10-8)9-4-5-2-1-3-11-5/h1-3H,4,8H2,(H3,7,9,10). The first-order valence-electron chi connectivity index (χ1n) is 3.14. The monoisotopic (exact) mass is 154 g/mol. The van der Waals surface area contributed by atoms with Crippen molar-refractivity contribution in [2.45, 2.75) is 6.54 Å². The molecule has 60 valence electrons. The van der Waals surface area contributed by atoms with Crippen molar-refractivity contribution in [2.24, 2.45) is 5.84 Å². The molecule has 11 heavy (non-hydrogen) atoms. The Kier molecular flexibility index (Phi) is 2.51. The normalized spacial score (nSPS) is 9.18. The van der Waals surface area contributed by atoms with Crippen LogP contribution in [0.2, 0.25) is 0 Å². The number of rotatable bonds is 2. The summed E-state index contributed by atoms with van der Waals surface area (Å²) >= 11 is 0. The van der Waals surface area contributed by atoms with Crippen LogP contribution in [0.3, 0.4) is 0 Å². The van der Waals surface area contributed by atoms with E-state index in [0.717, 1.165) is 5.76 Å². The van der Waals surface area contributed by atoms with Gasteiger partial charge in [-0.25, -0.2) is 5.84 Å². The van der Waals surface area contributed by atoms with Gasteiger partial charge in [0.2, 0.25) is 5.96 Å². The first-order valence-corrected chi connectivity index (χ1v) is 3.14. The molecule has 0 unspecified atom stereocenters. The minimum Gasteiger partial charge on any atom is -0.467 e. The Morgan fingerprint density at radius 2 is 2.55 bits per heavy atom. The predicted octanol–water partition coefficient (Wildman–Crippen LogP) is -0.233. The minimum absolute atomic E-state index is 0.0707. The maximum absolute atomic E-state index is 7.05. The molecule has 0 amide bonds. The average Bonchev–Trinajstić information content (AvgIpc) is 2.52. The number of hydrogen-bond acceptors (Lipinski definition) is 3. The van der Waals surface area contributed by atoms with Crippen molar-refractivity contribution >= 4 is 5.96 Å². The minimum atomic E-state index is 0.0707. The Hall–Kier alpha value is -1.49. The molecule has 5 nitrogen and oxygen atoms in total. The lowest BCUT2D eigenvalue weighted by atomic mass is 10.4. The van der Waals surface area contributed by atoms with E-state index in [4.69, 9.17) is 15.7 Å². The van der Waals surface area contributed by atoms with Crippen LogP contribution in [0.5, 0.6) is 0 Å². The van der Waals surface area contributed by atoms with Gasteiger partial charge in [0.25, 0.3) is 0 Å². The summed E-state index contributed by atoms with van der Waals surface area (Å²) in [5, 5.41) is 9.74. The Morgan fingerprint density at radius 1 is 1.73 bits per heavy atom. The summed E-state index contributed by atoms with van der Waals surface area (Å²) in [5.74, 6) is 5.78. The van der Waals surface area contributed by atoms with Crippen LogP contribution in [0.15, 0.2) is 22.8 Å². The molecule has 0 aliphatic carbocycles. The molecule has 5 heteroatoms. The van der Waals surface area contributed by atoms with Crippen molar-refractivity contribution in [3.05, 3.63) is 24.2 Å². The van der Waals surface area contributed by atoms with Crippen molar-refractivity contribution in [1.29, 1.82) is 5.41 Å². The van der Waals surface area contributed by atoms with Gasteiger partial charge in [0, 0.05) is 0 Å². The highest BCUT2D eigenvalue weighted by atomic mass is 16.3. The summed E-state index contributed by atoms with van der Waals surface area (Å²) in [4.78, 5) is 0. The lowest BCUT2D eigenvalue weighted by Crippen LogP contribution is -2.40. The van der Waals surface area contributed by atoms with Gasteiger partial charge in [-0.1, -0.05) is 0 Å². The van der Waals surface area contributed by atoms with Gasteiger partial charge < -0.3 is 9.73 Å². The molecule has 0 atom stereocenters. The molecule has 0 saturated carbocycles. The molecular weight excluding hydrogens is 144 g/mol. The van der Waals surface area contributed by atoms with Gasteiger partial charge in [-0.3, -0.25) is 10.8 Å². The first-order chi connectivity index (χ1) is 5.33. The second-order valence-corrected chi connectivity index (χ2v) is 1.95. The molecule has 0 aliphatic rings. The SMILES string of the molecule is N=C(NN)NCc1ccco1. The van der Waals surface area contributed by atoms with Gasteiger partial charge in [0.15, 0.2) is 0 Å². The molecule has 0 aromatic carbocycles. The van der Waals surface area contributed by atoms with Crippen molar-refractivity contribution in [2.75, 3.05) is 0 Å². The Morgan fingerprint density at radius 3 is 3.09 bits per heavy atom. The molecule has 5 N–H and O–H groups in total. The van der Waals surface area contributed by atoms with E-state index < -0.39 is 0 Å². The van der Waals surface area contributed by atoms with E-state index in [9.17, 15) is 0 Å². The molecule has 0 saturated heterocycles. The smallest absolute Gasteiger partial charge is 0.203 e. The second-order valence-electron chi connectivity index (χ2n) is 1.95. The van der Waals surface area contributed by atoms with Crippen LogP contribution in [0, 0.1) is 5.41 Å². The Labute approximate surface area is 64.1 Å². The lowest BCUT2D eigenvalue weighted by Gasteiger charge is -2.03. The van der Waals surface area contributed by atoms with Crippen LogP contribution in [0.4, 0.5) is 0 Å². The third-order valence-electron chi connectivity index (χ3n) is 1.16. The van der Waals surface area contributed by atoms with Gasteiger partial charge in [-0.2, -0.15) is 0 Å². The number of hydrogen-bond donors (Lipinski definition) is 4. The fourth-order valence-corrected chi connectivity index (χ4v) is 0.640. The van der Waals surface area contributed by atoms with Crippen molar-refractivity contribution in [3.8, 4) is 0 Å². The molecule has 0 radical (unpaired) electrons. The van der Waals surface area contributed by atoms with E-state index in [0.29, 0.717) is 6.54 Å².